The summed E-state index contributed by atoms with van der Waals surface area (Å²) < 4.78 is 2.28. The molecule has 3 nitrogen and oxygen atoms in total. The van der Waals surface area contributed by atoms with Gasteiger partial charge < -0.3 is 9.88 Å². The third-order valence-corrected chi connectivity index (χ3v) is 3.01. The highest BCUT2D eigenvalue weighted by Gasteiger charge is 2.12. The van der Waals surface area contributed by atoms with E-state index in [2.05, 4.69) is 49.5 Å². The molecule has 1 aromatic heterocycles. The third-order valence-electron chi connectivity index (χ3n) is 3.01. The lowest BCUT2D eigenvalue weighted by atomic mass is 10.1. The van der Waals surface area contributed by atoms with Crippen LogP contribution in [-0.4, -0.2) is 16.1 Å². The van der Waals surface area contributed by atoms with Gasteiger partial charge in [-0.2, -0.15) is 0 Å². The minimum absolute atomic E-state index is 0.512. The summed E-state index contributed by atoms with van der Waals surface area (Å²) >= 11 is 0. The number of rotatable bonds is 6. The van der Waals surface area contributed by atoms with E-state index in [1.165, 1.54) is 5.69 Å². The highest BCUT2D eigenvalue weighted by atomic mass is 15.1. The van der Waals surface area contributed by atoms with Crippen LogP contribution in [0.5, 0.6) is 0 Å². The zero-order valence-corrected chi connectivity index (χ0v) is 11.2. The highest BCUT2D eigenvalue weighted by Crippen LogP contribution is 2.18. The molecule has 1 atom stereocenters. The lowest BCUT2D eigenvalue weighted by Crippen LogP contribution is -2.22. The Labute approximate surface area is 99.3 Å². The van der Waals surface area contributed by atoms with Crippen LogP contribution in [0.1, 0.15) is 46.4 Å². The molecule has 0 fully saturated rings. The maximum atomic E-state index is 4.25. The van der Waals surface area contributed by atoms with Crippen LogP contribution in [0.3, 0.4) is 0 Å². The fraction of sp³-hybridized carbons (Fsp3) is 0.769. The highest BCUT2D eigenvalue weighted by molar-refractivity contribution is 5.00. The van der Waals surface area contributed by atoms with Crippen LogP contribution in [0.2, 0.25) is 0 Å². The first kappa shape index (κ1) is 13.2. The smallest absolute Gasteiger partial charge is 0.0951 e. The lowest BCUT2D eigenvalue weighted by Gasteiger charge is -2.20. The molecule has 0 aromatic carbocycles. The van der Waals surface area contributed by atoms with Crippen LogP contribution < -0.4 is 5.32 Å². The molecule has 0 bridgehead atoms. The molecule has 1 N–H and O–H groups in total. The van der Waals surface area contributed by atoms with Gasteiger partial charge in [0, 0.05) is 18.8 Å². The molecule has 0 radical (unpaired) electrons. The molecule has 0 spiro atoms. The van der Waals surface area contributed by atoms with Crippen molar-refractivity contribution in [2.75, 3.05) is 6.54 Å². The average Bonchev–Trinajstić information content (AvgIpc) is 2.64. The van der Waals surface area contributed by atoms with E-state index in [1.807, 2.05) is 12.5 Å². The fourth-order valence-corrected chi connectivity index (χ4v) is 1.65. The van der Waals surface area contributed by atoms with Gasteiger partial charge in [-0.25, -0.2) is 4.98 Å². The third kappa shape index (κ3) is 3.63. The molecular formula is C13H25N3. The predicted octanol–water partition coefficient (Wildman–Crippen LogP) is 2.85. The summed E-state index contributed by atoms with van der Waals surface area (Å²) in [7, 11) is 0. The number of nitrogens with zero attached hydrogens (tertiary/aromatic N) is 2. The van der Waals surface area contributed by atoms with Crippen molar-refractivity contribution in [2.24, 2.45) is 11.8 Å². The van der Waals surface area contributed by atoms with E-state index < -0.39 is 0 Å². The van der Waals surface area contributed by atoms with Crippen molar-refractivity contribution >= 4 is 0 Å². The maximum absolute atomic E-state index is 4.25. The summed E-state index contributed by atoms with van der Waals surface area (Å²) in [5, 5.41) is 3.46. The minimum atomic E-state index is 0.512. The van der Waals surface area contributed by atoms with Gasteiger partial charge in [0.1, 0.15) is 0 Å². The fourth-order valence-electron chi connectivity index (χ4n) is 1.65. The summed E-state index contributed by atoms with van der Waals surface area (Å²) in [6.07, 6.45) is 3.91. The van der Waals surface area contributed by atoms with Gasteiger partial charge in [-0.1, -0.05) is 27.7 Å². The molecule has 16 heavy (non-hydrogen) atoms. The first-order valence-electron chi connectivity index (χ1n) is 6.23. The van der Waals surface area contributed by atoms with E-state index in [4.69, 9.17) is 0 Å². The first-order chi connectivity index (χ1) is 7.52. The number of hydrogen-bond donors (Lipinski definition) is 1. The van der Waals surface area contributed by atoms with Crippen LogP contribution in [0.15, 0.2) is 12.5 Å². The molecule has 1 rings (SSSR count). The molecule has 0 aliphatic rings. The zero-order valence-electron chi connectivity index (χ0n) is 11.2. The molecule has 3 heteroatoms. The summed E-state index contributed by atoms with van der Waals surface area (Å²) in [6.45, 7) is 13.2. The quantitative estimate of drug-likeness (QED) is 0.803. The molecule has 0 saturated heterocycles. The van der Waals surface area contributed by atoms with Crippen molar-refractivity contribution in [3.05, 3.63) is 18.2 Å². The van der Waals surface area contributed by atoms with E-state index in [0.717, 1.165) is 13.1 Å². The van der Waals surface area contributed by atoms with Crippen LogP contribution >= 0.6 is 0 Å². The van der Waals surface area contributed by atoms with Crippen molar-refractivity contribution in [3.8, 4) is 0 Å². The second kappa shape index (κ2) is 6.04. The molecule has 1 heterocycles. The summed E-state index contributed by atoms with van der Waals surface area (Å²) in [5.41, 5.74) is 1.28. The van der Waals surface area contributed by atoms with E-state index in [1.54, 1.807) is 0 Å². The van der Waals surface area contributed by atoms with Crippen molar-refractivity contribution in [2.45, 2.75) is 47.2 Å². The van der Waals surface area contributed by atoms with Gasteiger partial charge in [-0.05, 0) is 25.3 Å². The Morgan fingerprint density at radius 3 is 2.50 bits per heavy atom. The van der Waals surface area contributed by atoms with E-state index in [0.29, 0.717) is 17.9 Å². The molecule has 92 valence electrons. The Hall–Kier alpha value is -0.830. The minimum Gasteiger partial charge on any atom is -0.330 e. The van der Waals surface area contributed by atoms with Crippen molar-refractivity contribution in [1.82, 2.24) is 14.9 Å². The van der Waals surface area contributed by atoms with Gasteiger partial charge in [0.2, 0.25) is 0 Å². The molecule has 0 saturated carbocycles. The molecule has 0 aliphatic heterocycles. The molecule has 0 aliphatic carbocycles. The molecular weight excluding hydrogens is 198 g/mol. The van der Waals surface area contributed by atoms with Crippen LogP contribution in [0.25, 0.3) is 0 Å². The number of hydrogen-bond acceptors (Lipinski definition) is 2. The van der Waals surface area contributed by atoms with E-state index in [-0.39, 0.29) is 0 Å². The van der Waals surface area contributed by atoms with Crippen molar-refractivity contribution in [3.63, 3.8) is 0 Å². The summed E-state index contributed by atoms with van der Waals surface area (Å²) in [5.74, 6) is 1.33. The normalized spacial score (nSPS) is 13.7. The predicted molar refractivity (Wildman–Crippen MR) is 68.3 cm³/mol. The Bertz CT molecular complexity index is 302. The van der Waals surface area contributed by atoms with Crippen LogP contribution in [-0.2, 0) is 6.54 Å². The maximum Gasteiger partial charge on any atom is 0.0951 e. The lowest BCUT2D eigenvalue weighted by molar-refractivity contribution is 0.393. The van der Waals surface area contributed by atoms with Gasteiger partial charge in [0.05, 0.1) is 12.0 Å². The largest absolute Gasteiger partial charge is 0.330 e. The van der Waals surface area contributed by atoms with E-state index in [9.17, 15) is 0 Å². The number of nitrogens with one attached hydrogen (secondary N) is 1. The summed E-state index contributed by atoms with van der Waals surface area (Å²) in [4.78, 5) is 4.25. The second-order valence-corrected chi connectivity index (χ2v) is 5.30. The van der Waals surface area contributed by atoms with Crippen LogP contribution in [0, 0.1) is 11.8 Å². The average molecular weight is 223 g/mol. The van der Waals surface area contributed by atoms with Gasteiger partial charge in [-0.15, -0.1) is 0 Å². The van der Waals surface area contributed by atoms with Crippen molar-refractivity contribution in [1.29, 1.82) is 0 Å². The van der Waals surface area contributed by atoms with Gasteiger partial charge in [0.25, 0.3) is 0 Å². The molecule has 0 amide bonds. The number of imidazole rings is 1. The first-order valence-corrected chi connectivity index (χ1v) is 6.23. The van der Waals surface area contributed by atoms with Crippen LogP contribution in [0.4, 0.5) is 0 Å². The summed E-state index contributed by atoms with van der Waals surface area (Å²) in [6, 6.07) is 0.512. The zero-order chi connectivity index (χ0) is 12.1. The Kier molecular flexibility index (Phi) is 5.00. The monoisotopic (exact) mass is 223 g/mol. The molecule has 1 aromatic rings. The standard InChI is InChI=1S/C13H25N3/c1-10(2)6-14-7-13-8-15-9-16(13)12(5)11(3)4/h8-12,14H,6-7H2,1-5H3. The van der Waals surface area contributed by atoms with Crippen molar-refractivity contribution < 1.29 is 0 Å². The Balaban J connectivity index is 2.57. The Morgan fingerprint density at radius 1 is 1.25 bits per heavy atom. The SMILES string of the molecule is CC(C)CNCc1cncn1C(C)C(C)C. The van der Waals surface area contributed by atoms with Gasteiger partial charge >= 0.3 is 0 Å². The Morgan fingerprint density at radius 2 is 1.94 bits per heavy atom. The van der Waals surface area contributed by atoms with Gasteiger partial charge in [0.15, 0.2) is 0 Å². The second-order valence-electron chi connectivity index (χ2n) is 5.30. The number of aromatic nitrogens is 2. The topological polar surface area (TPSA) is 29.9 Å². The molecule has 1 unspecified atom stereocenters. The van der Waals surface area contributed by atoms with E-state index >= 15 is 0 Å². The van der Waals surface area contributed by atoms with Gasteiger partial charge in [-0.3, -0.25) is 0 Å².